The molecule has 0 radical (unpaired) electrons. The molecule has 1 unspecified atom stereocenters. The molecule has 0 N–H and O–H groups in total. The lowest BCUT2D eigenvalue weighted by molar-refractivity contribution is -0.384. The predicted octanol–water partition coefficient (Wildman–Crippen LogP) is 3.50. The topological polar surface area (TPSA) is 98.6 Å². The van der Waals surface area contributed by atoms with Gasteiger partial charge in [0.2, 0.25) is 5.91 Å². The van der Waals surface area contributed by atoms with E-state index in [-0.39, 0.29) is 29.6 Å². The highest BCUT2D eigenvalue weighted by atomic mass is 16.6. The predicted molar refractivity (Wildman–Crippen MR) is 104 cm³/mol. The van der Waals surface area contributed by atoms with Crippen molar-refractivity contribution in [3.63, 3.8) is 0 Å². The van der Waals surface area contributed by atoms with Gasteiger partial charge in [-0.2, -0.15) is 0 Å². The lowest BCUT2D eigenvalue weighted by Crippen LogP contribution is -2.29. The third-order valence-electron chi connectivity index (χ3n) is 4.89. The van der Waals surface area contributed by atoms with E-state index in [4.69, 9.17) is 4.42 Å². The summed E-state index contributed by atoms with van der Waals surface area (Å²) in [4.78, 5) is 36.5. The summed E-state index contributed by atoms with van der Waals surface area (Å²) in [5.74, 6) is -0.609. The fourth-order valence-electron chi connectivity index (χ4n) is 3.12. The molecule has 0 spiro atoms. The van der Waals surface area contributed by atoms with Crippen LogP contribution in [0, 0.1) is 10.1 Å². The normalized spacial score (nSPS) is 12.1. The Labute approximate surface area is 161 Å². The third-order valence-corrected chi connectivity index (χ3v) is 4.89. The van der Waals surface area contributed by atoms with E-state index in [1.807, 2.05) is 37.3 Å². The zero-order valence-electron chi connectivity index (χ0n) is 15.7. The van der Waals surface area contributed by atoms with Crippen LogP contribution in [-0.2, 0) is 11.3 Å². The molecule has 2 aromatic carbocycles. The molecule has 0 fully saturated rings. The van der Waals surface area contributed by atoms with E-state index in [2.05, 4.69) is 0 Å². The summed E-state index contributed by atoms with van der Waals surface area (Å²) in [5, 5.41) is 10.8. The lowest BCUT2D eigenvalue weighted by Gasteiger charge is -2.25. The van der Waals surface area contributed by atoms with Crippen LogP contribution < -0.4 is 5.76 Å². The smallest absolute Gasteiger partial charge is 0.407 e. The van der Waals surface area contributed by atoms with Crippen LogP contribution in [0.25, 0.3) is 11.1 Å². The Bertz CT molecular complexity index is 1050. The molecular weight excluding hydrogens is 362 g/mol. The van der Waals surface area contributed by atoms with Crippen molar-refractivity contribution in [2.75, 3.05) is 7.05 Å². The minimum absolute atomic E-state index is 0.0205. The monoisotopic (exact) mass is 383 g/mol. The van der Waals surface area contributed by atoms with Crippen LogP contribution in [0.2, 0.25) is 0 Å². The van der Waals surface area contributed by atoms with Crippen LogP contribution in [0.4, 0.5) is 5.69 Å². The van der Waals surface area contributed by atoms with Gasteiger partial charge in [0.25, 0.3) is 5.69 Å². The quantitative estimate of drug-likeness (QED) is 0.459. The highest BCUT2D eigenvalue weighted by Gasteiger charge is 2.18. The largest absolute Gasteiger partial charge is 0.419 e. The number of nitro groups is 1. The molecule has 3 aromatic rings. The second kappa shape index (κ2) is 8.08. The van der Waals surface area contributed by atoms with E-state index < -0.39 is 10.7 Å². The number of oxazole rings is 1. The van der Waals surface area contributed by atoms with Crippen molar-refractivity contribution in [1.29, 1.82) is 0 Å². The van der Waals surface area contributed by atoms with Crippen molar-refractivity contribution < 1.29 is 14.1 Å². The summed E-state index contributed by atoms with van der Waals surface area (Å²) >= 11 is 0. The van der Waals surface area contributed by atoms with Crippen LogP contribution in [0.15, 0.2) is 57.7 Å². The summed E-state index contributed by atoms with van der Waals surface area (Å²) < 4.78 is 6.49. The minimum Gasteiger partial charge on any atom is -0.407 e. The van der Waals surface area contributed by atoms with Gasteiger partial charge < -0.3 is 9.32 Å². The van der Waals surface area contributed by atoms with E-state index in [9.17, 15) is 19.7 Å². The summed E-state index contributed by atoms with van der Waals surface area (Å²) in [6.45, 7) is 2.26. The van der Waals surface area contributed by atoms with Crippen LogP contribution in [0.1, 0.15) is 31.4 Å². The maximum absolute atomic E-state index is 12.5. The Balaban J connectivity index is 1.64. The molecule has 8 heteroatoms. The molecule has 3 rings (SSSR count). The first-order chi connectivity index (χ1) is 13.4. The van der Waals surface area contributed by atoms with Crippen molar-refractivity contribution >= 4 is 22.7 Å². The maximum Gasteiger partial charge on any atom is 0.419 e. The second-order valence-electron chi connectivity index (χ2n) is 6.62. The van der Waals surface area contributed by atoms with E-state index in [1.165, 1.54) is 22.8 Å². The molecule has 1 heterocycles. The molecule has 1 atom stereocenters. The zero-order chi connectivity index (χ0) is 20.3. The first-order valence-electron chi connectivity index (χ1n) is 8.97. The summed E-state index contributed by atoms with van der Waals surface area (Å²) in [6.07, 6.45) is 0.732. The van der Waals surface area contributed by atoms with Crippen molar-refractivity contribution in [3.05, 3.63) is 74.8 Å². The highest BCUT2D eigenvalue weighted by Crippen LogP contribution is 2.21. The van der Waals surface area contributed by atoms with E-state index in [1.54, 1.807) is 11.9 Å². The number of benzene rings is 2. The summed E-state index contributed by atoms with van der Waals surface area (Å²) in [5.41, 5.74) is 1.56. The first kappa shape index (κ1) is 19.3. The Hall–Kier alpha value is -3.42. The average Bonchev–Trinajstić information content (AvgIpc) is 3.01. The van der Waals surface area contributed by atoms with Crippen LogP contribution in [0.5, 0.6) is 0 Å². The SMILES string of the molecule is CC(c1ccccc1)N(C)C(=O)CCCn1c(=O)oc2cc([N+](=O)[O-])ccc21. The number of non-ortho nitro benzene ring substituents is 1. The van der Waals surface area contributed by atoms with E-state index in [0.29, 0.717) is 18.5 Å². The molecule has 0 aliphatic heterocycles. The first-order valence-corrected chi connectivity index (χ1v) is 8.97. The number of aromatic nitrogens is 1. The number of carbonyl (C=O) groups excluding carboxylic acids is 1. The van der Waals surface area contributed by atoms with Gasteiger partial charge in [-0.15, -0.1) is 0 Å². The highest BCUT2D eigenvalue weighted by molar-refractivity contribution is 5.77. The maximum atomic E-state index is 12.5. The van der Waals surface area contributed by atoms with Gasteiger partial charge in [-0.1, -0.05) is 30.3 Å². The Morgan fingerprint density at radius 1 is 1.25 bits per heavy atom. The van der Waals surface area contributed by atoms with Gasteiger partial charge in [-0.05, 0) is 25.0 Å². The number of aryl methyl sites for hydroxylation is 1. The molecule has 0 saturated heterocycles. The number of rotatable bonds is 7. The van der Waals surface area contributed by atoms with E-state index >= 15 is 0 Å². The molecule has 0 aliphatic rings. The number of nitrogens with zero attached hydrogens (tertiary/aromatic N) is 3. The molecule has 0 aliphatic carbocycles. The fourth-order valence-corrected chi connectivity index (χ4v) is 3.12. The van der Waals surface area contributed by atoms with Crippen LogP contribution in [-0.4, -0.2) is 27.3 Å². The van der Waals surface area contributed by atoms with Crippen molar-refractivity contribution in [2.24, 2.45) is 0 Å². The van der Waals surface area contributed by atoms with Gasteiger partial charge in [0.15, 0.2) is 5.58 Å². The van der Waals surface area contributed by atoms with Gasteiger partial charge in [0.1, 0.15) is 0 Å². The standard InChI is InChI=1S/C20H21N3O5/c1-14(15-7-4-3-5-8-15)21(2)19(24)9-6-12-22-17-11-10-16(23(26)27)13-18(17)28-20(22)25/h3-5,7-8,10-11,13-14H,6,9,12H2,1-2H3. The second-order valence-corrected chi connectivity index (χ2v) is 6.62. The van der Waals surface area contributed by atoms with Gasteiger partial charge in [-0.3, -0.25) is 19.5 Å². The third kappa shape index (κ3) is 3.95. The van der Waals surface area contributed by atoms with Crippen molar-refractivity contribution in [3.8, 4) is 0 Å². The van der Waals surface area contributed by atoms with E-state index in [0.717, 1.165) is 5.56 Å². The molecule has 1 aromatic heterocycles. The van der Waals surface area contributed by atoms with Gasteiger partial charge in [-0.25, -0.2) is 4.79 Å². The molecule has 0 saturated carbocycles. The number of amides is 1. The number of hydrogen-bond donors (Lipinski definition) is 0. The van der Waals surface area contributed by atoms with Crippen molar-refractivity contribution in [1.82, 2.24) is 9.47 Å². The molecule has 1 amide bonds. The summed E-state index contributed by atoms with van der Waals surface area (Å²) in [6, 6.07) is 13.8. The Morgan fingerprint density at radius 2 is 1.96 bits per heavy atom. The van der Waals surface area contributed by atoms with Gasteiger partial charge >= 0.3 is 5.76 Å². The minimum atomic E-state index is -0.589. The fraction of sp³-hybridized carbons (Fsp3) is 0.300. The molecule has 28 heavy (non-hydrogen) atoms. The number of nitro benzene ring substituents is 1. The molecular formula is C20H21N3O5. The zero-order valence-corrected chi connectivity index (χ0v) is 15.7. The summed E-state index contributed by atoms with van der Waals surface area (Å²) in [7, 11) is 1.76. The van der Waals surface area contributed by atoms with Gasteiger partial charge in [0, 0.05) is 26.1 Å². The van der Waals surface area contributed by atoms with Crippen molar-refractivity contribution in [2.45, 2.75) is 32.4 Å². The number of fused-ring (bicyclic) bond motifs is 1. The lowest BCUT2D eigenvalue weighted by atomic mass is 10.1. The Morgan fingerprint density at radius 3 is 2.64 bits per heavy atom. The number of hydrogen-bond acceptors (Lipinski definition) is 5. The Kier molecular flexibility index (Phi) is 5.58. The molecule has 8 nitrogen and oxygen atoms in total. The van der Waals surface area contributed by atoms with Crippen LogP contribution >= 0.6 is 0 Å². The van der Waals surface area contributed by atoms with Crippen LogP contribution in [0.3, 0.4) is 0 Å². The van der Waals surface area contributed by atoms with Gasteiger partial charge in [0.05, 0.1) is 22.5 Å². The number of carbonyl (C=O) groups is 1. The average molecular weight is 383 g/mol. The molecule has 146 valence electrons. The molecule has 0 bridgehead atoms.